The van der Waals surface area contributed by atoms with Crippen molar-refractivity contribution in [1.29, 1.82) is 0 Å². The number of nitrogens with zero attached hydrogens (tertiary/aromatic N) is 4. The number of hydrogen-bond acceptors (Lipinski definition) is 9. The molecule has 2 aliphatic heterocycles. The number of ketones is 1. The SMILES string of the molecule is COC(=O)C12CN(C)CC(C(=O)OC)(C1=O)[C@@H](c1ncccc1C)N(C)[C@H]2c1ncccc1C. The maximum absolute atomic E-state index is 14.6. The minimum Gasteiger partial charge on any atom is -0.468 e. The normalized spacial score (nSPS) is 29.5. The van der Waals surface area contributed by atoms with Gasteiger partial charge < -0.3 is 14.4 Å². The first-order chi connectivity index (χ1) is 16.2. The van der Waals surface area contributed by atoms with Crippen LogP contribution in [0.5, 0.6) is 0 Å². The summed E-state index contributed by atoms with van der Waals surface area (Å²) in [5.74, 6) is -1.91. The first kappa shape index (κ1) is 24.0. The van der Waals surface area contributed by atoms with Crippen LogP contribution in [0.15, 0.2) is 36.7 Å². The summed E-state index contributed by atoms with van der Waals surface area (Å²) in [5, 5.41) is 0. The van der Waals surface area contributed by atoms with Gasteiger partial charge in [0, 0.05) is 25.5 Å². The first-order valence-electron chi connectivity index (χ1n) is 11.1. The first-order valence-corrected chi connectivity index (χ1v) is 11.1. The molecule has 9 heteroatoms. The van der Waals surface area contributed by atoms with E-state index in [9.17, 15) is 14.4 Å². The molecule has 180 valence electrons. The smallest absolute Gasteiger partial charge is 0.322 e. The van der Waals surface area contributed by atoms with Crippen LogP contribution in [0.1, 0.15) is 34.6 Å². The molecule has 0 N–H and O–H groups in total. The van der Waals surface area contributed by atoms with Crippen LogP contribution in [0, 0.1) is 24.7 Å². The average Bonchev–Trinajstić information content (AvgIpc) is 2.82. The Morgan fingerprint density at radius 1 is 0.882 bits per heavy atom. The number of methoxy groups -OCH3 is 2. The van der Waals surface area contributed by atoms with Crippen LogP contribution < -0.4 is 0 Å². The molecular formula is C25H30N4O5. The number of Topliss-reactive ketones (excluding diaryl/α,β-unsaturated/α-hetero) is 1. The van der Waals surface area contributed by atoms with Crippen LogP contribution in [-0.2, 0) is 23.9 Å². The summed E-state index contributed by atoms with van der Waals surface area (Å²) in [6.45, 7) is 3.94. The second-order valence-electron chi connectivity index (χ2n) is 9.31. The molecule has 2 fully saturated rings. The number of likely N-dealkylation sites (tertiary alicyclic amines) is 2. The van der Waals surface area contributed by atoms with Crippen LogP contribution >= 0.6 is 0 Å². The highest BCUT2D eigenvalue weighted by molar-refractivity contribution is 6.17. The number of pyridine rings is 2. The summed E-state index contributed by atoms with van der Waals surface area (Å²) < 4.78 is 10.5. The van der Waals surface area contributed by atoms with E-state index in [-0.39, 0.29) is 13.1 Å². The number of aromatic nitrogens is 2. The van der Waals surface area contributed by atoms with Gasteiger partial charge in [0.25, 0.3) is 0 Å². The van der Waals surface area contributed by atoms with Crippen molar-refractivity contribution >= 4 is 17.7 Å². The summed E-state index contributed by atoms with van der Waals surface area (Å²) in [6.07, 6.45) is 3.28. The van der Waals surface area contributed by atoms with Gasteiger partial charge in [-0.15, -0.1) is 0 Å². The number of esters is 2. The fourth-order valence-corrected chi connectivity index (χ4v) is 6.04. The lowest BCUT2D eigenvalue weighted by Gasteiger charge is -2.60. The van der Waals surface area contributed by atoms with E-state index in [1.54, 1.807) is 31.6 Å². The zero-order valence-electron chi connectivity index (χ0n) is 20.4. The molecule has 2 aromatic rings. The van der Waals surface area contributed by atoms with Crippen molar-refractivity contribution in [2.45, 2.75) is 25.9 Å². The number of carbonyl (C=O) groups excluding carboxylic acids is 3. The molecule has 0 amide bonds. The molecule has 0 aliphatic carbocycles. The van der Waals surface area contributed by atoms with Crippen molar-refractivity contribution in [3.8, 4) is 0 Å². The molecule has 0 aromatic carbocycles. The lowest BCUT2D eigenvalue weighted by molar-refractivity contribution is -0.202. The molecule has 4 heterocycles. The van der Waals surface area contributed by atoms with E-state index in [0.29, 0.717) is 11.4 Å². The molecule has 4 atom stereocenters. The maximum Gasteiger partial charge on any atom is 0.322 e. The Morgan fingerprint density at radius 2 is 1.29 bits per heavy atom. The second-order valence-corrected chi connectivity index (χ2v) is 9.31. The summed E-state index contributed by atoms with van der Waals surface area (Å²) in [6, 6.07) is 5.81. The molecule has 2 aliphatic rings. The molecule has 2 bridgehead atoms. The third-order valence-corrected chi connectivity index (χ3v) is 7.31. The van der Waals surface area contributed by atoms with Crippen LogP contribution in [0.25, 0.3) is 0 Å². The zero-order chi connectivity index (χ0) is 24.8. The summed E-state index contributed by atoms with van der Waals surface area (Å²) >= 11 is 0. The van der Waals surface area contributed by atoms with Crippen LogP contribution in [-0.4, -0.2) is 78.9 Å². The van der Waals surface area contributed by atoms with E-state index in [1.807, 2.05) is 42.8 Å². The molecule has 4 rings (SSSR count). The van der Waals surface area contributed by atoms with E-state index < -0.39 is 40.6 Å². The van der Waals surface area contributed by atoms with E-state index in [2.05, 4.69) is 9.97 Å². The zero-order valence-corrected chi connectivity index (χ0v) is 20.4. The Bertz CT molecular complexity index is 1070. The van der Waals surface area contributed by atoms with Crippen molar-refractivity contribution < 1.29 is 23.9 Å². The second kappa shape index (κ2) is 8.56. The molecule has 2 unspecified atom stereocenters. The number of ether oxygens (including phenoxy) is 2. The van der Waals surface area contributed by atoms with Gasteiger partial charge in [-0.2, -0.15) is 0 Å². The fourth-order valence-electron chi connectivity index (χ4n) is 6.04. The van der Waals surface area contributed by atoms with E-state index in [0.717, 1.165) is 11.1 Å². The standard InChI is InChI=1S/C25H30N4O5/c1-15-9-7-11-26-17(15)19-24(22(31)33-5)13-28(3)14-25(21(24)30,23(32)34-6)20(29(19)4)18-16(2)10-8-12-27-18/h7-12,19-20H,13-14H2,1-6H3/t19-,20+,24?,25?. The predicted octanol–water partition coefficient (Wildman–Crippen LogP) is 1.65. The molecule has 0 spiro atoms. The van der Waals surface area contributed by atoms with Gasteiger partial charge in [0.1, 0.15) is 0 Å². The van der Waals surface area contributed by atoms with Crippen molar-refractivity contribution in [2.75, 3.05) is 41.4 Å². The number of hydrogen-bond donors (Lipinski definition) is 0. The molecule has 0 saturated carbocycles. The number of fused-ring (bicyclic) bond motifs is 2. The topological polar surface area (TPSA) is 102 Å². The number of carbonyl (C=O) groups is 3. The number of rotatable bonds is 4. The van der Waals surface area contributed by atoms with Gasteiger partial charge in [-0.25, -0.2) is 0 Å². The third kappa shape index (κ3) is 3.10. The minimum atomic E-state index is -1.69. The van der Waals surface area contributed by atoms with Gasteiger partial charge in [-0.1, -0.05) is 12.1 Å². The monoisotopic (exact) mass is 466 g/mol. The predicted molar refractivity (Wildman–Crippen MR) is 123 cm³/mol. The van der Waals surface area contributed by atoms with Gasteiger partial charge in [-0.05, 0) is 51.2 Å². The molecular weight excluding hydrogens is 436 g/mol. The van der Waals surface area contributed by atoms with Gasteiger partial charge >= 0.3 is 11.9 Å². The number of piperidine rings is 2. The quantitative estimate of drug-likeness (QED) is 0.492. The Balaban J connectivity index is 2.12. The van der Waals surface area contributed by atoms with Gasteiger partial charge in [0.15, 0.2) is 16.6 Å². The lowest BCUT2D eigenvalue weighted by atomic mass is 9.54. The lowest BCUT2D eigenvalue weighted by Crippen LogP contribution is -2.75. The van der Waals surface area contributed by atoms with Crippen LogP contribution in [0.3, 0.4) is 0 Å². The van der Waals surface area contributed by atoms with E-state index in [4.69, 9.17) is 9.47 Å². The maximum atomic E-state index is 14.6. The fraction of sp³-hybridized carbons (Fsp3) is 0.480. The highest BCUT2D eigenvalue weighted by atomic mass is 16.5. The van der Waals surface area contributed by atoms with E-state index in [1.165, 1.54) is 14.2 Å². The van der Waals surface area contributed by atoms with E-state index >= 15 is 0 Å². The third-order valence-electron chi connectivity index (χ3n) is 7.31. The Morgan fingerprint density at radius 3 is 1.65 bits per heavy atom. The largest absolute Gasteiger partial charge is 0.468 e. The number of aryl methyl sites for hydroxylation is 2. The highest BCUT2D eigenvalue weighted by Crippen LogP contribution is 2.60. The van der Waals surface area contributed by atoms with Crippen molar-refractivity contribution in [3.63, 3.8) is 0 Å². The highest BCUT2D eigenvalue weighted by Gasteiger charge is 2.75. The molecule has 9 nitrogen and oxygen atoms in total. The summed E-state index contributed by atoms with van der Waals surface area (Å²) in [5.41, 5.74) is -0.574. The van der Waals surface area contributed by atoms with Crippen LogP contribution in [0.4, 0.5) is 0 Å². The van der Waals surface area contributed by atoms with Gasteiger partial charge in [0.2, 0.25) is 0 Å². The molecule has 2 saturated heterocycles. The van der Waals surface area contributed by atoms with Gasteiger partial charge in [0.05, 0.1) is 37.7 Å². The molecule has 2 aromatic heterocycles. The summed E-state index contributed by atoms with van der Waals surface area (Å²) in [7, 11) is 6.12. The average molecular weight is 467 g/mol. The van der Waals surface area contributed by atoms with Gasteiger partial charge in [-0.3, -0.25) is 29.3 Å². The van der Waals surface area contributed by atoms with Crippen LogP contribution in [0.2, 0.25) is 0 Å². The summed E-state index contributed by atoms with van der Waals surface area (Å²) in [4.78, 5) is 54.7. The molecule has 0 radical (unpaired) electrons. The minimum absolute atomic E-state index is 0.0796. The van der Waals surface area contributed by atoms with Crippen molar-refractivity contribution in [3.05, 3.63) is 59.2 Å². The Labute approximate surface area is 199 Å². The Kier molecular flexibility index (Phi) is 6.03. The molecule has 34 heavy (non-hydrogen) atoms. The Hall–Kier alpha value is -3.17. The van der Waals surface area contributed by atoms with Crippen molar-refractivity contribution in [2.24, 2.45) is 10.8 Å². The van der Waals surface area contributed by atoms with Crippen molar-refractivity contribution in [1.82, 2.24) is 19.8 Å².